The molecule has 0 aliphatic heterocycles. The Balaban J connectivity index is 0.00000924. The quantitative estimate of drug-likeness (QED) is 0.0742. The number of nitrogens with one attached hydrogen (secondary N) is 1. The number of esters is 1. The van der Waals surface area contributed by atoms with E-state index in [9.17, 15) is 19.5 Å². The Bertz CT molecular complexity index is 1120. The normalized spacial score (nSPS) is 22.7. The van der Waals surface area contributed by atoms with Crippen LogP contribution in [-0.2, 0) is 45.0 Å². The van der Waals surface area contributed by atoms with Crippen molar-refractivity contribution in [3.05, 3.63) is 77.0 Å². The number of hydrogen-bond donors (Lipinski definition) is 0. The fourth-order valence-electron chi connectivity index (χ4n) is 5.40. The minimum atomic E-state index is -1.46. The topological polar surface area (TPSA) is 131 Å². The van der Waals surface area contributed by atoms with Crippen molar-refractivity contribution >= 4 is 17.9 Å². The maximum Gasteiger partial charge on any atom is 0.359 e. The Labute approximate surface area is 272 Å². The van der Waals surface area contributed by atoms with Crippen molar-refractivity contribution in [2.75, 3.05) is 26.2 Å². The van der Waals surface area contributed by atoms with Crippen LogP contribution in [0, 0.1) is 12.5 Å². The van der Waals surface area contributed by atoms with Crippen molar-refractivity contribution in [2.45, 2.75) is 91.6 Å². The molecule has 0 bridgehead atoms. The molecule has 1 N–H and O–H groups in total. The van der Waals surface area contributed by atoms with Gasteiger partial charge in [0.15, 0.2) is 13.1 Å². The molecule has 1 fully saturated rings. The predicted octanol–water partition coefficient (Wildman–Crippen LogP) is 5.61. The van der Waals surface area contributed by atoms with E-state index >= 15 is 0 Å². The van der Waals surface area contributed by atoms with Crippen LogP contribution in [0.3, 0.4) is 0 Å². The van der Waals surface area contributed by atoms with Gasteiger partial charge in [0.25, 0.3) is 0 Å². The molecule has 2 aliphatic carbocycles. The molecule has 1 saturated carbocycles. The van der Waals surface area contributed by atoms with Crippen molar-refractivity contribution in [1.82, 2.24) is 0 Å². The number of carboxylic acid groups (broad SMARTS) is 1. The van der Waals surface area contributed by atoms with Gasteiger partial charge in [0.1, 0.15) is 6.61 Å². The number of carboxylic acids is 1. The molecule has 0 amide bonds. The van der Waals surface area contributed by atoms with Gasteiger partial charge in [0.05, 0.1) is 12.5 Å². The fourth-order valence-corrected chi connectivity index (χ4v) is 5.40. The smallest absolute Gasteiger partial charge is 0.359 e. The van der Waals surface area contributed by atoms with Gasteiger partial charge in [-0.05, 0) is 56.6 Å². The van der Waals surface area contributed by atoms with E-state index in [1.54, 1.807) is 0 Å². The number of hydrogen-bond acceptors (Lipinski definition) is 6. The fraction of sp³-hybridized carbons (Fsp3) is 0.576. The van der Waals surface area contributed by atoms with E-state index in [-0.39, 0.29) is 33.1 Å². The average Bonchev–Trinajstić information content (AvgIpc) is 2.87. The molecule has 0 spiro atoms. The Morgan fingerprint density at radius 1 is 1.07 bits per heavy atom. The van der Waals surface area contributed by atoms with Crippen LogP contribution in [0.5, 0.6) is 0 Å². The third kappa shape index (κ3) is 14.3. The zero-order valence-corrected chi connectivity index (χ0v) is 28.5. The van der Waals surface area contributed by atoms with Crippen molar-refractivity contribution < 1.29 is 54.6 Å². The molecule has 0 radical (unpaired) electrons. The van der Waals surface area contributed by atoms with Gasteiger partial charge in [-0.3, -0.25) is 0 Å². The molecule has 9 nitrogen and oxygen atoms in total. The summed E-state index contributed by atoms with van der Waals surface area (Å²) in [5.74, 6) is -3.00. The molecule has 244 valence electrons. The predicted molar refractivity (Wildman–Crippen MR) is 162 cm³/mol. The van der Waals surface area contributed by atoms with Gasteiger partial charge in [-0.2, -0.15) is 6.04 Å². The minimum absolute atomic E-state index is 0. The van der Waals surface area contributed by atoms with Gasteiger partial charge in [0.2, 0.25) is 0 Å². The first-order chi connectivity index (χ1) is 19.7. The summed E-state index contributed by atoms with van der Waals surface area (Å²) < 4.78 is 4.59. The molecular formula is C33H48N3O6Pt-3. The van der Waals surface area contributed by atoms with Crippen LogP contribution in [0.4, 0.5) is 0 Å². The van der Waals surface area contributed by atoms with Gasteiger partial charge in [0, 0.05) is 21.1 Å². The number of ether oxygens (including phenoxy) is 1. The zero-order chi connectivity index (χ0) is 31.3. The second kappa shape index (κ2) is 18.5. The molecule has 3 atom stereocenters. The van der Waals surface area contributed by atoms with E-state index in [0.717, 1.165) is 30.4 Å². The van der Waals surface area contributed by atoms with Gasteiger partial charge in [-0.15, -0.1) is 13.1 Å². The number of aliphatic carboxylic acids is 1. The van der Waals surface area contributed by atoms with Crippen molar-refractivity contribution in [2.24, 2.45) is 5.41 Å². The maximum atomic E-state index is 12.5. The molecule has 0 saturated heterocycles. The second-order valence-electron chi connectivity index (χ2n) is 12.4. The Kier molecular flexibility index (Phi) is 16.6. The third-order valence-corrected chi connectivity index (χ3v) is 7.78. The van der Waals surface area contributed by atoms with Crippen LogP contribution in [-0.4, -0.2) is 60.7 Å². The van der Waals surface area contributed by atoms with E-state index in [1.807, 2.05) is 32.1 Å². The number of carbonyl (C=O) groups excluding carboxylic acids is 3. The van der Waals surface area contributed by atoms with Crippen molar-refractivity contribution in [3.63, 3.8) is 0 Å². The van der Waals surface area contributed by atoms with E-state index < -0.39 is 54.1 Å². The molecule has 1 unspecified atom stereocenters. The Morgan fingerprint density at radius 2 is 1.74 bits per heavy atom. The van der Waals surface area contributed by atoms with E-state index in [4.69, 9.17) is 15.3 Å². The van der Waals surface area contributed by atoms with Gasteiger partial charge in [-0.1, -0.05) is 87.1 Å². The molecule has 0 aromatic heterocycles. The Morgan fingerprint density at radius 3 is 2.40 bits per heavy atom. The van der Waals surface area contributed by atoms with Crippen molar-refractivity contribution in [1.29, 1.82) is 0 Å². The number of rotatable bonds is 14. The Hall–Kier alpha value is -2.32. The first-order valence-electron chi connectivity index (χ1n) is 14.8. The number of carbonyl (C=O) groups is 3. The third-order valence-electron chi connectivity index (χ3n) is 7.78. The average molecular weight is 778 g/mol. The van der Waals surface area contributed by atoms with E-state index in [1.165, 1.54) is 24.0 Å². The molecule has 10 heteroatoms. The van der Waals surface area contributed by atoms with Gasteiger partial charge < -0.3 is 35.2 Å². The number of quaternary nitrogens is 1. The SMILES string of the molecule is [CH2-][N+](CC(=O)[O-])(CC(=O)OC/C(C)=C/C=C/C(C)=C/C=C/C1=C(C)CCCC1(C)C)CC(=O)O[N-][C@@H]1CCCC[C@H]1[NH-].[Pt]. The first kappa shape index (κ1) is 38.7. The molecule has 2 aliphatic rings. The summed E-state index contributed by atoms with van der Waals surface area (Å²) in [7, 11) is 3.76. The van der Waals surface area contributed by atoms with Crippen LogP contribution in [0.2, 0.25) is 0 Å². The standard InChI is InChI=1S/C33H49N3O6.Pt/c1-24(13-10-16-27-26(3)15-11-19-33(27,4)5)12-9-14-25(2)23-41-31(39)21-36(6,20-30(37)38)22-32(40)42-35-29-18-8-7-17-28(29)34;/h9-10,12-14,16,28-29,34H,6-8,11,15,17-23H2,1-5H3,(H,37,38);/q-2;/p-1/b12-9+,16-10+,24-13+,25-14+;/t28-,29-,36?;/m1./s1. The van der Waals surface area contributed by atoms with Crippen LogP contribution >= 0.6 is 0 Å². The first-order valence-corrected chi connectivity index (χ1v) is 14.8. The molecule has 0 heterocycles. The molecule has 0 aromatic carbocycles. The summed E-state index contributed by atoms with van der Waals surface area (Å²) in [5.41, 5.74) is 16.8. The van der Waals surface area contributed by atoms with Crippen LogP contribution in [0.15, 0.2) is 58.7 Å². The number of nitrogens with zero attached hydrogens (tertiary/aromatic N) is 2. The minimum Gasteiger partial charge on any atom is -0.676 e. The van der Waals surface area contributed by atoms with Gasteiger partial charge in [-0.25, -0.2) is 9.59 Å². The summed E-state index contributed by atoms with van der Waals surface area (Å²) in [4.78, 5) is 41.2. The van der Waals surface area contributed by atoms with E-state index in [0.29, 0.717) is 12.8 Å². The number of hydroxylamine groups is 1. The van der Waals surface area contributed by atoms with Crippen molar-refractivity contribution in [3.8, 4) is 0 Å². The maximum absolute atomic E-state index is 12.5. The summed E-state index contributed by atoms with van der Waals surface area (Å²) in [6.45, 7) is 8.99. The number of allylic oxidation sites excluding steroid dienone is 9. The van der Waals surface area contributed by atoms with Crippen LogP contribution in [0.1, 0.15) is 79.6 Å². The summed E-state index contributed by atoms with van der Waals surface area (Å²) >= 11 is 0. The summed E-state index contributed by atoms with van der Waals surface area (Å²) in [6, 6.07) is -0.844. The molecule has 2 rings (SSSR count). The monoisotopic (exact) mass is 777 g/mol. The van der Waals surface area contributed by atoms with Gasteiger partial charge >= 0.3 is 11.9 Å². The zero-order valence-electron chi connectivity index (χ0n) is 26.3. The molecule has 43 heavy (non-hydrogen) atoms. The van der Waals surface area contributed by atoms with Crippen LogP contribution in [0.25, 0.3) is 11.2 Å². The summed E-state index contributed by atoms with van der Waals surface area (Å²) in [6.07, 6.45) is 18.8. The largest absolute Gasteiger partial charge is 0.676 e. The molecular weight excluding hydrogens is 729 g/mol. The molecule has 0 aromatic rings. The summed E-state index contributed by atoms with van der Waals surface area (Å²) in [5, 5.41) is 11.3. The van der Waals surface area contributed by atoms with E-state index in [2.05, 4.69) is 51.5 Å². The van der Waals surface area contributed by atoms with Crippen LogP contribution < -0.4 is 5.11 Å². The second-order valence-corrected chi connectivity index (χ2v) is 12.4.